The van der Waals surface area contributed by atoms with Gasteiger partial charge in [0.2, 0.25) is 0 Å². The number of nitrogens with zero attached hydrogens (tertiary/aromatic N) is 2. The van der Waals surface area contributed by atoms with Crippen LogP contribution in [0.3, 0.4) is 0 Å². The summed E-state index contributed by atoms with van der Waals surface area (Å²) in [6.45, 7) is 3.10. The summed E-state index contributed by atoms with van der Waals surface area (Å²) in [6.07, 6.45) is -0.548. The summed E-state index contributed by atoms with van der Waals surface area (Å²) < 4.78 is 29.6. The van der Waals surface area contributed by atoms with Gasteiger partial charge in [0.15, 0.2) is 0 Å². The molecule has 1 aliphatic carbocycles. The van der Waals surface area contributed by atoms with Crippen LogP contribution >= 0.6 is 0 Å². The number of hydrogen-bond acceptors (Lipinski definition) is 5. The number of halogens is 2. The van der Waals surface area contributed by atoms with Gasteiger partial charge in [-0.3, -0.25) is 9.59 Å². The van der Waals surface area contributed by atoms with E-state index < -0.39 is 13.0 Å². The number of alkyl halides is 2. The van der Waals surface area contributed by atoms with Crippen molar-refractivity contribution in [2.75, 3.05) is 6.61 Å². The van der Waals surface area contributed by atoms with E-state index in [-0.39, 0.29) is 36.3 Å². The van der Waals surface area contributed by atoms with Crippen LogP contribution in [0.15, 0.2) is 24.3 Å². The van der Waals surface area contributed by atoms with E-state index in [9.17, 15) is 18.4 Å². The molecule has 0 saturated heterocycles. The number of rotatable bonds is 9. The van der Waals surface area contributed by atoms with Crippen molar-refractivity contribution in [1.82, 2.24) is 15.3 Å². The fourth-order valence-electron chi connectivity index (χ4n) is 2.94. The molecule has 1 N–H and O–H groups in total. The Morgan fingerprint density at radius 2 is 1.97 bits per heavy atom. The molecule has 1 aromatic carbocycles. The molecule has 3 rings (SSSR count). The van der Waals surface area contributed by atoms with Gasteiger partial charge in [0.1, 0.15) is 29.7 Å². The molecule has 1 amide bonds. The molecule has 1 fully saturated rings. The average Bonchev–Trinajstić information content (AvgIpc) is 3.50. The molecule has 0 aliphatic heterocycles. The van der Waals surface area contributed by atoms with E-state index in [1.165, 1.54) is 0 Å². The van der Waals surface area contributed by atoms with Gasteiger partial charge in [-0.15, -0.1) is 0 Å². The zero-order valence-electron chi connectivity index (χ0n) is 16.4. The number of Topliss-reactive ketones (excluding diaryl/α,β-unsaturated/α-hetero) is 1. The molecule has 6 nitrogen and oxygen atoms in total. The van der Waals surface area contributed by atoms with Gasteiger partial charge >= 0.3 is 0 Å². The van der Waals surface area contributed by atoms with Crippen molar-refractivity contribution in [3.05, 3.63) is 52.6 Å². The first-order valence-corrected chi connectivity index (χ1v) is 9.47. The van der Waals surface area contributed by atoms with Gasteiger partial charge in [-0.2, -0.15) is 0 Å². The number of hydrogen-bond donors (Lipinski definition) is 1. The number of carbonyl (C=O) groups excluding carboxylic acids is 2. The Morgan fingerprint density at radius 3 is 2.62 bits per heavy atom. The van der Waals surface area contributed by atoms with Crippen LogP contribution in [0.1, 0.15) is 46.0 Å². The topological polar surface area (TPSA) is 81.2 Å². The van der Waals surface area contributed by atoms with Crippen LogP contribution in [0.4, 0.5) is 8.78 Å². The summed E-state index contributed by atoms with van der Waals surface area (Å²) in [7, 11) is 0. The van der Waals surface area contributed by atoms with E-state index in [4.69, 9.17) is 4.74 Å². The van der Waals surface area contributed by atoms with E-state index in [0.29, 0.717) is 22.8 Å². The maximum absolute atomic E-state index is 12.5. The number of ketones is 1. The van der Waals surface area contributed by atoms with E-state index in [1.54, 1.807) is 38.1 Å². The monoisotopic (exact) mass is 403 g/mol. The van der Waals surface area contributed by atoms with Crippen molar-refractivity contribution in [2.45, 2.75) is 46.1 Å². The van der Waals surface area contributed by atoms with E-state index >= 15 is 0 Å². The third kappa shape index (κ3) is 6.04. The molecule has 8 heteroatoms. The van der Waals surface area contributed by atoms with Crippen molar-refractivity contribution in [3.8, 4) is 5.75 Å². The van der Waals surface area contributed by atoms with Crippen LogP contribution in [0.5, 0.6) is 5.75 Å². The Hall–Kier alpha value is -2.90. The lowest BCUT2D eigenvalue weighted by Gasteiger charge is -2.11. The predicted octanol–water partition coefficient (Wildman–Crippen LogP) is 3.19. The average molecular weight is 403 g/mol. The quantitative estimate of drug-likeness (QED) is 0.696. The fraction of sp³-hybridized carbons (Fsp3) is 0.429. The van der Waals surface area contributed by atoms with Crippen LogP contribution in [-0.2, 0) is 17.8 Å². The van der Waals surface area contributed by atoms with E-state index in [1.807, 2.05) is 0 Å². The van der Waals surface area contributed by atoms with Crippen molar-refractivity contribution >= 4 is 11.7 Å². The zero-order chi connectivity index (χ0) is 21.0. The maximum atomic E-state index is 12.5. The second kappa shape index (κ2) is 9.07. The lowest BCUT2D eigenvalue weighted by Crippen LogP contribution is -2.25. The third-order valence-corrected chi connectivity index (χ3v) is 4.56. The lowest BCUT2D eigenvalue weighted by atomic mass is 10.1. The second-order valence-electron chi connectivity index (χ2n) is 7.21. The highest BCUT2D eigenvalue weighted by molar-refractivity contribution is 5.92. The number of nitrogens with one attached hydrogen (secondary N) is 1. The minimum absolute atomic E-state index is 0.117. The second-order valence-corrected chi connectivity index (χ2v) is 7.21. The SMILES string of the molecule is Cc1cc(C(=O)NCc2ccc(OCC(F)F)c(C)c2)nc(CC(=O)C2CC2)n1. The number of ether oxygens (including phenoxy) is 1. The van der Waals surface area contributed by atoms with Gasteiger partial charge in [-0.1, -0.05) is 12.1 Å². The molecular weight excluding hydrogens is 380 g/mol. The smallest absolute Gasteiger partial charge is 0.272 e. The normalized spacial score (nSPS) is 13.4. The molecule has 0 atom stereocenters. The van der Waals surface area contributed by atoms with Crippen molar-refractivity contribution in [2.24, 2.45) is 5.92 Å². The summed E-state index contributed by atoms with van der Waals surface area (Å²) >= 11 is 0. The summed E-state index contributed by atoms with van der Waals surface area (Å²) in [4.78, 5) is 33.0. The Balaban J connectivity index is 1.60. The van der Waals surface area contributed by atoms with Gasteiger partial charge < -0.3 is 10.1 Å². The van der Waals surface area contributed by atoms with E-state index in [0.717, 1.165) is 18.4 Å². The fourth-order valence-corrected chi connectivity index (χ4v) is 2.94. The van der Waals surface area contributed by atoms with E-state index in [2.05, 4.69) is 15.3 Å². The third-order valence-electron chi connectivity index (χ3n) is 4.56. The minimum Gasteiger partial charge on any atom is -0.487 e. The van der Waals surface area contributed by atoms with Crippen molar-refractivity contribution in [3.63, 3.8) is 0 Å². The maximum Gasteiger partial charge on any atom is 0.272 e. The highest BCUT2D eigenvalue weighted by Gasteiger charge is 2.30. The molecule has 0 bridgehead atoms. The Morgan fingerprint density at radius 1 is 1.21 bits per heavy atom. The Kier molecular flexibility index (Phi) is 6.51. The molecule has 29 heavy (non-hydrogen) atoms. The number of aromatic nitrogens is 2. The number of carbonyl (C=O) groups is 2. The van der Waals surface area contributed by atoms with Crippen molar-refractivity contribution in [1.29, 1.82) is 0 Å². The first kappa shape index (κ1) is 20.8. The van der Waals surface area contributed by atoms with Gasteiger partial charge in [0.25, 0.3) is 12.3 Å². The molecule has 0 spiro atoms. The van der Waals surface area contributed by atoms with Gasteiger partial charge in [-0.05, 0) is 49.9 Å². The molecular formula is C21H23F2N3O3. The van der Waals surface area contributed by atoms with Gasteiger partial charge in [0.05, 0.1) is 6.42 Å². The number of amides is 1. The van der Waals surface area contributed by atoms with Crippen LogP contribution in [0.2, 0.25) is 0 Å². The standard InChI is InChI=1S/C21H23F2N3O3/c1-12-7-14(3-6-18(12)29-11-19(22)23)10-24-21(28)16-8-13(2)25-20(26-16)9-17(27)15-4-5-15/h3,6-8,15,19H,4-5,9-11H2,1-2H3,(H,24,28). The van der Waals surface area contributed by atoms with Crippen LogP contribution < -0.4 is 10.1 Å². The predicted molar refractivity (Wildman–Crippen MR) is 102 cm³/mol. The number of aryl methyl sites for hydroxylation is 2. The van der Waals surface area contributed by atoms with Crippen LogP contribution in [0, 0.1) is 19.8 Å². The Bertz CT molecular complexity index is 914. The minimum atomic E-state index is -2.53. The molecule has 1 heterocycles. The molecule has 2 aromatic rings. The number of benzene rings is 1. The summed E-state index contributed by atoms with van der Waals surface area (Å²) in [5.41, 5.74) is 2.34. The Labute approximate surface area is 167 Å². The molecule has 1 saturated carbocycles. The summed E-state index contributed by atoms with van der Waals surface area (Å²) in [6, 6.07) is 6.66. The van der Waals surface area contributed by atoms with Crippen LogP contribution in [-0.4, -0.2) is 34.7 Å². The zero-order valence-corrected chi connectivity index (χ0v) is 16.4. The highest BCUT2D eigenvalue weighted by Crippen LogP contribution is 2.30. The van der Waals surface area contributed by atoms with Crippen LogP contribution in [0.25, 0.3) is 0 Å². The molecule has 0 unspecified atom stereocenters. The largest absolute Gasteiger partial charge is 0.487 e. The van der Waals surface area contributed by atoms with Gasteiger partial charge in [-0.25, -0.2) is 18.7 Å². The molecule has 1 aliphatic rings. The summed E-state index contributed by atoms with van der Waals surface area (Å²) in [5, 5.41) is 2.78. The highest BCUT2D eigenvalue weighted by atomic mass is 19.3. The molecule has 1 aromatic heterocycles. The summed E-state index contributed by atoms with van der Waals surface area (Å²) in [5.74, 6) is 0.616. The van der Waals surface area contributed by atoms with Gasteiger partial charge in [0, 0.05) is 18.2 Å². The first-order valence-electron chi connectivity index (χ1n) is 9.47. The van der Waals surface area contributed by atoms with Crippen molar-refractivity contribution < 1.29 is 23.1 Å². The lowest BCUT2D eigenvalue weighted by molar-refractivity contribution is -0.119. The molecule has 154 valence electrons. The molecule has 0 radical (unpaired) electrons. The first-order chi connectivity index (χ1) is 13.8.